The summed E-state index contributed by atoms with van der Waals surface area (Å²) in [6, 6.07) is 8.35. The number of hydrogen-bond donors (Lipinski definition) is 3. The normalized spacial score (nSPS) is 24.3. The molecule has 2 heterocycles. The Hall–Kier alpha value is -2.38. The van der Waals surface area contributed by atoms with E-state index in [4.69, 9.17) is 10.7 Å². The van der Waals surface area contributed by atoms with Gasteiger partial charge in [0.25, 0.3) is 0 Å². The molecule has 0 saturated heterocycles. The van der Waals surface area contributed by atoms with Crippen molar-refractivity contribution in [3.8, 4) is 11.3 Å². The molecule has 0 radical (unpaired) electrons. The van der Waals surface area contributed by atoms with Crippen molar-refractivity contribution in [1.29, 1.82) is 0 Å². The predicted octanol–water partition coefficient (Wildman–Crippen LogP) is 1.73. The second-order valence-corrected chi connectivity index (χ2v) is 6.50. The Morgan fingerprint density at radius 2 is 2.08 bits per heavy atom. The summed E-state index contributed by atoms with van der Waals surface area (Å²) >= 11 is 0. The summed E-state index contributed by atoms with van der Waals surface area (Å²) < 4.78 is 0. The summed E-state index contributed by atoms with van der Waals surface area (Å²) in [4.78, 5) is 9.26. The zero-order valence-electron chi connectivity index (χ0n) is 13.7. The number of H-pyrrole nitrogens is 1. The van der Waals surface area contributed by atoms with Crippen molar-refractivity contribution < 1.29 is 0 Å². The van der Waals surface area contributed by atoms with Gasteiger partial charge in [-0.15, -0.1) is 5.10 Å². The lowest BCUT2D eigenvalue weighted by molar-refractivity contribution is 0.248. The predicted molar refractivity (Wildman–Crippen MR) is 92.1 cm³/mol. The summed E-state index contributed by atoms with van der Waals surface area (Å²) in [6.45, 7) is 0. The minimum atomic E-state index is -0.457. The van der Waals surface area contributed by atoms with Crippen molar-refractivity contribution in [2.24, 2.45) is 5.73 Å². The van der Waals surface area contributed by atoms with Crippen LogP contribution in [-0.2, 0) is 5.54 Å². The van der Waals surface area contributed by atoms with Crippen LogP contribution in [0.2, 0.25) is 0 Å². The molecule has 1 aromatic carbocycles. The van der Waals surface area contributed by atoms with Crippen LogP contribution in [0.4, 0.5) is 0 Å². The Kier molecular flexibility index (Phi) is 3.74. The van der Waals surface area contributed by atoms with Gasteiger partial charge in [0.1, 0.15) is 11.3 Å². The van der Waals surface area contributed by atoms with E-state index in [0.29, 0.717) is 6.04 Å². The molecule has 1 fully saturated rings. The smallest absolute Gasteiger partial charge is 0.148 e. The fraction of sp³-hybridized carbons (Fsp3) is 0.412. The van der Waals surface area contributed by atoms with Crippen molar-refractivity contribution in [2.75, 3.05) is 7.05 Å². The number of fused-ring (bicyclic) bond motifs is 1. The Balaban J connectivity index is 1.71. The van der Waals surface area contributed by atoms with Gasteiger partial charge in [-0.1, -0.05) is 17.3 Å². The Morgan fingerprint density at radius 1 is 1.25 bits per heavy atom. The Labute approximate surface area is 140 Å². The summed E-state index contributed by atoms with van der Waals surface area (Å²) in [5, 5.41) is 14.3. The number of benzene rings is 1. The molecular weight excluding hydrogens is 302 g/mol. The molecule has 24 heavy (non-hydrogen) atoms. The summed E-state index contributed by atoms with van der Waals surface area (Å²) in [5.41, 5.74) is 9.67. The first-order chi connectivity index (χ1) is 11.7. The van der Waals surface area contributed by atoms with E-state index in [-0.39, 0.29) is 0 Å². The van der Waals surface area contributed by atoms with Crippen LogP contribution < -0.4 is 11.1 Å². The van der Waals surface area contributed by atoms with Gasteiger partial charge in [0, 0.05) is 17.8 Å². The molecule has 1 aliphatic carbocycles. The number of nitrogens with zero attached hydrogens (tertiary/aromatic N) is 4. The SMILES string of the molecule is CN[C@H]1CC[C@](N)(c2nccc(-c3cccc4[nH]nnc34)n2)CC1. The average Bonchev–Trinajstić information content (AvgIpc) is 3.11. The highest BCUT2D eigenvalue weighted by Gasteiger charge is 2.35. The van der Waals surface area contributed by atoms with Crippen LogP contribution in [0, 0.1) is 0 Å². The van der Waals surface area contributed by atoms with Gasteiger partial charge in [0.15, 0.2) is 0 Å². The maximum absolute atomic E-state index is 6.65. The van der Waals surface area contributed by atoms with E-state index >= 15 is 0 Å². The van der Waals surface area contributed by atoms with Crippen molar-refractivity contribution in [1.82, 2.24) is 30.7 Å². The van der Waals surface area contributed by atoms with Crippen LogP contribution in [0.25, 0.3) is 22.3 Å². The maximum Gasteiger partial charge on any atom is 0.148 e. The van der Waals surface area contributed by atoms with Gasteiger partial charge >= 0.3 is 0 Å². The third-order valence-electron chi connectivity index (χ3n) is 5.02. The first kappa shape index (κ1) is 15.2. The van der Waals surface area contributed by atoms with E-state index in [9.17, 15) is 0 Å². The first-order valence-corrected chi connectivity index (χ1v) is 8.29. The lowest BCUT2D eigenvalue weighted by Crippen LogP contribution is -2.45. The topological polar surface area (TPSA) is 105 Å². The van der Waals surface area contributed by atoms with Gasteiger partial charge in [0.05, 0.1) is 16.7 Å². The van der Waals surface area contributed by atoms with E-state index in [1.54, 1.807) is 6.20 Å². The Bertz CT molecular complexity index is 849. The molecule has 3 aromatic rings. The van der Waals surface area contributed by atoms with Crippen LogP contribution in [-0.4, -0.2) is 38.5 Å². The summed E-state index contributed by atoms with van der Waals surface area (Å²) in [7, 11) is 2.00. The van der Waals surface area contributed by atoms with Gasteiger partial charge in [-0.25, -0.2) is 9.97 Å². The van der Waals surface area contributed by atoms with E-state index in [2.05, 4.69) is 25.7 Å². The zero-order valence-corrected chi connectivity index (χ0v) is 13.7. The van der Waals surface area contributed by atoms with Crippen molar-refractivity contribution in [3.63, 3.8) is 0 Å². The van der Waals surface area contributed by atoms with Gasteiger partial charge in [-0.2, -0.15) is 0 Å². The number of rotatable bonds is 3. The number of aromatic nitrogens is 5. The van der Waals surface area contributed by atoms with Crippen molar-refractivity contribution in [2.45, 2.75) is 37.3 Å². The van der Waals surface area contributed by atoms with Crippen LogP contribution in [0.1, 0.15) is 31.5 Å². The first-order valence-electron chi connectivity index (χ1n) is 8.29. The zero-order chi connectivity index (χ0) is 16.6. The van der Waals surface area contributed by atoms with Gasteiger partial charge < -0.3 is 11.1 Å². The fourth-order valence-electron chi connectivity index (χ4n) is 3.47. The minimum Gasteiger partial charge on any atom is -0.319 e. The van der Waals surface area contributed by atoms with Crippen molar-refractivity contribution >= 4 is 11.0 Å². The van der Waals surface area contributed by atoms with E-state index < -0.39 is 5.54 Å². The quantitative estimate of drug-likeness (QED) is 0.678. The summed E-state index contributed by atoms with van der Waals surface area (Å²) in [5.74, 6) is 0.718. The molecule has 0 amide bonds. The second-order valence-electron chi connectivity index (χ2n) is 6.50. The second kappa shape index (κ2) is 5.92. The fourth-order valence-corrected chi connectivity index (χ4v) is 3.47. The molecule has 0 unspecified atom stereocenters. The molecule has 1 saturated carbocycles. The van der Waals surface area contributed by atoms with Gasteiger partial charge in [-0.3, -0.25) is 5.10 Å². The Morgan fingerprint density at radius 3 is 2.88 bits per heavy atom. The summed E-state index contributed by atoms with van der Waals surface area (Å²) in [6.07, 6.45) is 5.64. The minimum absolute atomic E-state index is 0.457. The third kappa shape index (κ3) is 2.55. The van der Waals surface area contributed by atoms with E-state index in [0.717, 1.165) is 53.8 Å². The van der Waals surface area contributed by atoms with Crippen LogP contribution >= 0.6 is 0 Å². The van der Waals surface area contributed by atoms with Gasteiger partial charge in [-0.05, 0) is 44.9 Å². The molecule has 2 aromatic heterocycles. The molecule has 0 bridgehead atoms. The molecule has 1 aliphatic rings. The highest BCUT2D eigenvalue weighted by atomic mass is 15.3. The van der Waals surface area contributed by atoms with Gasteiger partial charge in [0.2, 0.25) is 0 Å². The maximum atomic E-state index is 6.65. The standard InChI is InChI=1S/C17H21N7/c1-19-11-5-8-17(18,9-6-11)16-20-10-7-13(21-16)12-3-2-4-14-15(12)23-24-22-14/h2-4,7,10-11,19H,5-6,8-9,18H2,1H3,(H,22,23,24)/t11-,17+. The van der Waals surface area contributed by atoms with Crippen LogP contribution in [0.15, 0.2) is 30.5 Å². The lowest BCUT2D eigenvalue weighted by Gasteiger charge is -2.35. The molecule has 0 spiro atoms. The molecule has 0 atom stereocenters. The number of aromatic amines is 1. The molecule has 0 aliphatic heterocycles. The molecule has 4 N–H and O–H groups in total. The molecule has 7 nitrogen and oxygen atoms in total. The van der Waals surface area contributed by atoms with Crippen molar-refractivity contribution in [3.05, 3.63) is 36.3 Å². The monoisotopic (exact) mass is 323 g/mol. The van der Waals surface area contributed by atoms with Crippen LogP contribution in [0.3, 0.4) is 0 Å². The molecule has 7 heteroatoms. The number of nitrogens with two attached hydrogens (primary N) is 1. The molecule has 4 rings (SSSR count). The largest absolute Gasteiger partial charge is 0.319 e. The molecule has 124 valence electrons. The highest BCUT2D eigenvalue weighted by Crippen LogP contribution is 2.34. The molecular formula is C17H21N7. The number of nitrogens with one attached hydrogen (secondary N) is 2. The lowest BCUT2D eigenvalue weighted by atomic mass is 9.79. The van der Waals surface area contributed by atoms with E-state index in [1.165, 1.54) is 0 Å². The van der Waals surface area contributed by atoms with Crippen LogP contribution in [0.5, 0.6) is 0 Å². The van der Waals surface area contributed by atoms with E-state index in [1.807, 2.05) is 31.3 Å². The number of hydrogen-bond acceptors (Lipinski definition) is 6. The highest BCUT2D eigenvalue weighted by molar-refractivity contribution is 5.89. The third-order valence-corrected chi connectivity index (χ3v) is 5.02. The average molecular weight is 323 g/mol.